The van der Waals surface area contributed by atoms with E-state index in [1.807, 2.05) is 12.1 Å². The number of hydrogen-bond acceptors (Lipinski definition) is 3. The molecule has 0 bridgehead atoms. The summed E-state index contributed by atoms with van der Waals surface area (Å²) in [7, 11) is 0. The Morgan fingerprint density at radius 2 is 1.46 bits per heavy atom. The number of ketones is 1. The van der Waals surface area contributed by atoms with Gasteiger partial charge in [-0.1, -0.05) is 42.5 Å². The van der Waals surface area contributed by atoms with E-state index in [2.05, 4.69) is 4.98 Å². The summed E-state index contributed by atoms with van der Waals surface area (Å²) in [4.78, 5) is 29.4. The van der Waals surface area contributed by atoms with E-state index in [1.165, 1.54) is 12.1 Å². The zero-order valence-electron chi connectivity index (χ0n) is 13.8. The monoisotopic (exact) mass is 341 g/mol. The van der Waals surface area contributed by atoms with Gasteiger partial charge in [-0.25, -0.2) is 0 Å². The van der Waals surface area contributed by atoms with Crippen LogP contribution in [-0.2, 0) is 0 Å². The first-order valence-electron chi connectivity index (χ1n) is 8.19. The standard InChI is InChI=1S/C22H15NO3/c24-16-12-10-14(11-13-16)20-19(21(25)15-6-2-1-3-7-15)22(26)17-8-4-5-9-18(17)23-20/h1-13,24H,(H,23,26). The van der Waals surface area contributed by atoms with Gasteiger partial charge in [0, 0.05) is 16.5 Å². The minimum Gasteiger partial charge on any atom is -0.508 e. The summed E-state index contributed by atoms with van der Waals surface area (Å²) >= 11 is 0. The molecular formula is C22H15NO3. The van der Waals surface area contributed by atoms with E-state index in [4.69, 9.17) is 0 Å². The number of aromatic nitrogens is 1. The highest BCUT2D eigenvalue weighted by Crippen LogP contribution is 2.26. The largest absolute Gasteiger partial charge is 0.508 e. The Kier molecular flexibility index (Phi) is 3.86. The first kappa shape index (κ1) is 15.8. The fraction of sp³-hybridized carbons (Fsp3) is 0. The van der Waals surface area contributed by atoms with Crippen LogP contribution in [0.25, 0.3) is 22.2 Å². The third-order valence-corrected chi connectivity index (χ3v) is 4.33. The number of aromatic hydroxyl groups is 1. The SMILES string of the molecule is O=C(c1ccccc1)c1c(-c2ccc(O)cc2)[nH]c2ccccc2c1=O. The molecule has 3 aromatic carbocycles. The van der Waals surface area contributed by atoms with E-state index in [-0.39, 0.29) is 22.5 Å². The maximum absolute atomic E-state index is 13.1. The molecule has 4 rings (SSSR count). The van der Waals surface area contributed by atoms with E-state index in [0.717, 1.165) is 0 Å². The molecule has 0 aliphatic heterocycles. The highest BCUT2D eigenvalue weighted by molar-refractivity contribution is 6.13. The number of nitrogens with one attached hydrogen (secondary N) is 1. The van der Waals surface area contributed by atoms with Crippen molar-refractivity contribution in [1.82, 2.24) is 4.98 Å². The normalized spacial score (nSPS) is 10.8. The minimum atomic E-state index is -0.333. The third kappa shape index (κ3) is 2.67. The van der Waals surface area contributed by atoms with Crippen LogP contribution in [0.5, 0.6) is 5.75 Å². The summed E-state index contributed by atoms with van der Waals surface area (Å²) in [5.74, 6) is -0.214. The number of benzene rings is 3. The Bertz CT molecular complexity index is 1160. The Hall–Kier alpha value is -3.66. The van der Waals surface area contributed by atoms with Crippen molar-refractivity contribution in [2.75, 3.05) is 0 Å². The van der Waals surface area contributed by atoms with Crippen LogP contribution < -0.4 is 5.43 Å². The topological polar surface area (TPSA) is 70.2 Å². The van der Waals surface area contributed by atoms with Gasteiger partial charge < -0.3 is 10.1 Å². The molecule has 0 amide bonds. The van der Waals surface area contributed by atoms with Gasteiger partial charge >= 0.3 is 0 Å². The Morgan fingerprint density at radius 3 is 2.19 bits per heavy atom. The van der Waals surface area contributed by atoms with Gasteiger partial charge in [0.25, 0.3) is 0 Å². The lowest BCUT2D eigenvalue weighted by molar-refractivity contribution is 0.103. The number of H-pyrrole nitrogens is 1. The molecule has 1 heterocycles. The average Bonchev–Trinajstić information content (AvgIpc) is 2.69. The number of rotatable bonds is 3. The summed E-state index contributed by atoms with van der Waals surface area (Å²) in [5.41, 5.74) is 2.00. The minimum absolute atomic E-state index is 0.0978. The van der Waals surface area contributed by atoms with Gasteiger partial charge in [-0.3, -0.25) is 9.59 Å². The van der Waals surface area contributed by atoms with E-state index >= 15 is 0 Å². The first-order chi connectivity index (χ1) is 12.6. The van der Waals surface area contributed by atoms with Gasteiger partial charge in [-0.05, 0) is 42.0 Å². The average molecular weight is 341 g/mol. The molecule has 0 spiro atoms. The number of carbonyl (C=O) groups is 1. The molecule has 0 saturated heterocycles. The van der Waals surface area contributed by atoms with Gasteiger partial charge in [0.2, 0.25) is 5.43 Å². The van der Waals surface area contributed by atoms with Crippen LogP contribution in [0, 0.1) is 0 Å². The van der Waals surface area contributed by atoms with E-state index in [9.17, 15) is 14.7 Å². The van der Waals surface area contributed by atoms with Crippen LogP contribution in [0.15, 0.2) is 83.7 Å². The number of carbonyl (C=O) groups excluding carboxylic acids is 1. The van der Waals surface area contributed by atoms with Gasteiger partial charge in [0.05, 0.1) is 11.3 Å². The fourth-order valence-electron chi connectivity index (χ4n) is 3.03. The molecule has 4 heteroatoms. The van der Waals surface area contributed by atoms with Crippen molar-refractivity contribution in [1.29, 1.82) is 0 Å². The van der Waals surface area contributed by atoms with Crippen molar-refractivity contribution < 1.29 is 9.90 Å². The number of para-hydroxylation sites is 1. The summed E-state index contributed by atoms with van der Waals surface area (Å²) < 4.78 is 0. The molecule has 0 aliphatic carbocycles. The van der Waals surface area contributed by atoms with Gasteiger partial charge in [-0.2, -0.15) is 0 Å². The molecule has 0 radical (unpaired) electrons. The second-order valence-corrected chi connectivity index (χ2v) is 5.99. The Labute approximate surface area is 149 Å². The zero-order chi connectivity index (χ0) is 18.1. The first-order valence-corrected chi connectivity index (χ1v) is 8.19. The third-order valence-electron chi connectivity index (χ3n) is 4.33. The lowest BCUT2D eigenvalue weighted by atomic mass is 9.96. The molecule has 1 aromatic heterocycles. The van der Waals surface area contributed by atoms with Crippen molar-refractivity contribution in [2.24, 2.45) is 0 Å². The van der Waals surface area contributed by atoms with Crippen LogP contribution in [0.1, 0.15) is 15.9 Å². The molecule has 0 fully saturated rings. The number of phenolic OH excluding ortho intramolecular Hbond substituents is 1. The Morgan fingerprint density at radius 1 is 0.808 bits per heavy atom. The van der Waals surface area contributed by atoms with E-state index < -0.39 is 0 Å². The highest BCUT2D eigenvalue weighted by atomic mass is 16.3. The highest BCUT2D eigenvalue weighted by Gasteiger charge is 2.21. The van der Waals surface area contributed by atoms with Crippen LogP contribution in [0.3, 0.4) is 0 Å². The van der Waals surface area contributed by atoms with Gasteiger partial charge in [0.15, 0.2) is 5.78 Å². The van der Waals surface area contributed by atoms with Crippen LogP contribution in [-0.4, -0.2) is 15.9 Å². The second kappa shape index (κ2) is 6.33. The maximum Gasteiger partial charge on any atom is 0.201 e. The Balaban J connectivity index is 2.04. The van der Waals surface area contributed by atoms with Gasteiger partial charge in [0.1, 0.15) is 5.75 Å². The van der Waals surface area contributed by atoms with Crippen LogP contribution >= 0.6 is 0 Å². The number of aromatic amines is 1. The predicted molar refractivity (Wildman–Crippen MR) is 102 cm³/mol. The van der Waals surface area contributed by atoms with Crippen molar-refractivity contribution in [3.8, 4) is 17.0 Å². The fourth-order valence-corrected chi connectivity index (χ4v) is 3.03. The molecule has 0 unspecified atom stereocenters. The number of phenols is 1. The molecule has 4 aromatic rings. The summed E-state index contributed by atoms with van der Waals surface area (Å²) in [6.45, 7) is 0. The molecule has 4 nitrogen and oxygen atoms in total. The van der Waals surface area contributed by atoms with Crippen LogP contribution in [0.4, 0.5) is 0 Å². The quantitative estimate of drug-likeness (QED) is 0.550. The molecule has 126 valence electrons. The summed E-state index contributed by atoms with van der Waals surface area (Å²) in [5, 5.41) is 10.0. The van der Waals surface area contributed by atoms with Crippen molar-refractivity contribution >= 4 is 16.7 Å². The number of pyridine rings is 1. The lowest BCUT2D eigenvalue weighted by Crippen LogP contribution is -2.19. The lowest BCUT2D eigenvalue weighted by Gasteiger charge is -2.11. The summed E-state index contributed by atoms with van der Waals surface area (Å²) in [6, 6.07) is 22.3. The molecular weight excluding hydrogens is 326 g/mol. The zero-order valence-corrected chi connectivity index (χ0v) is 13.8. The second-order valence-electron chi connectivity index (χ2n) is 5.99. The molecule has 2 N–H and O–H groups in total. The number of fused-ring (bicyclic) bond motifs is 1. The summed E-state index contributed by atoms with van der Waals surface area (Å²) in [6.07, 6.45) is 0. The van der Waals surface area contributed by atoms with Crippen molar-refractivity contribution in [2.45, 2.75) is 0 Å². The van der Waals surface area contributed by atoms with E-state index in [0.29, 0.717) is 27.7 Å². The maximum atomic E-state index is 13.1. The van der Waals surface area contributed by atoms with Crippen LogP contribution in [0.2, 0.25) is 0 Å². The van der Waals surface area contributed by atoms with Crippen molar-refractivity contribution in [3.63, 3.8) is 0 Å². The number of hydrogen-bond donors (Lipinski definition) is 2. The molecule has 0 saturated carbocycles. The van der Waals surface area contributed by atoms with E-state index in [1.54, 1.807) is 54.6 Å². The predicted octanol–water partition coefficient (Wildman–Crippen LogP) is 4.13. The molecule has 0 aliphatic rings. The van der Waals surface area contributed by atoms with Crippen molar-refractivity contribution in [3.05, 3.63) is 100 Å². The smallest absolute Gasteiger partial charge is 0.201 e. The molecule has 0 atom stereocenters. The molecule has 26 heavy (non-hydrogen) atoms. The van der Waals surface area contributed by atoms with Gasteiger partial charge in [-0.15, -0.1) is 0 Å².